The Labute approximate surface area is 151 Å². The molecular formula is C20H20FN3O2. The number of nitrogens with one attached hydrogen (secondary N) is 1. The first-order valence-corrected chi connectivity index (χ1v) is 8.42. The van der Waals surface area contributed by atoms with E-state index in [0.29, 0.717) is 17.8 Å². The minimum atomic E-state index is -0.322. The Balaban J connectivity index is 1.65. The van der Waals surface area contributed by atoms with Crippen LogP contribution in [0.2, 0.25) is 0 Å². The first kappa shape index (κ1) is 17.7. The van der Waals surface area contributed by atoms with Gasteiger partial charge in [0.1, 0.15) is 18.2 Å². The van der Waals surface area contributed by atoms with Crippen molar-refractivity contribution in [3.8, 4) is 5.75 Å². The summed E-state index contributed by atoms with van der Waals surface area (Å²) in [5.41, 5.74) is 1.46. The number of benzene rings is 2. The molecular weight excluding hydrogens is 333 g/mol. The number of para-hydroxylation sites is 1. The minimum Gasteiger partial charge on any atom is -0.487 e. The average molecular weight is 353 g/mol. The Bertz CT molecular complexity index is 864. The second-order valence-electron chi connectivity index (χ2n) is 5.79. The van der Waals surface area contributed by atoms with Crippen LogP contribution in [-0.2, 0) is 13.2 Å². The number of rotatable bonds is 7. The molecule has 3 aromatic rings. The Morgan fingerprint density at radius 1 is 1.15 bits per heavy atom. The lowest BCUT2D eigenvalue weighted by atomic mass is 10.2. The normalized spacial score (nSPS) is 10.5. The lowest BCUT2D eigenvalue weighted by molar-refractivity contribution is 0.0745. The summed E-state index contributed by atoms with van der Waals surface area (Å²) >= 11 is 0. The molecule has 134 valence electrons. The highest BCUT2D eigenvalue weighted by molar-refractivity contribution is 5.92. The molecule has 6 heteroatoms. The van der Waals surface area contributed by atoms with Gasteiger partial charge in [-0.15, -0.1) is 0 Å². The molecule has 5 nitrogen and oxygen atoms in total. The second kappa shape index (κ2) is 8.29. The smallest absolute Gasteiger partial charge is 0.274 e. The van der Waals surface area contributed by atoms with Gasteiger partial charge in [-0.2, -0.15) is 5.10 Å². The van der Waals surface area contributed by atoms with Gasteiger partial charge in [0, 0.05) is 18.7 Å². The molecule has 1 amide bonds. The molecule has 2 aromatic carbocycles. The highest BCUT2D eigenvalue weighted by Gasteiger charge is 2.19. The summed E-state index contributed by atoms with van der Waals surface area (Å²) in [4.78, 5) is 14.2. The van der Waals surface area contributed by atoms with Gasteiger partial charge in [-0.3, -0.25) is 9.89 Å². The Hall–Kier alpha value is -3.15. The number of carbonyl (C=O) groups excluding carboxylic acids is 1. The molecule has 0 unspecified atom stereocenters. The van der Waals surface area contributed by atoms with E-state index in [1.54, 1.807) is 29.2 Å². The molecule has 26 heavy (non-hydrogen) atoms. The fourth-order valence-electron chi connectivity index (χ4n) is 2.54. The van der Waals surface area contributed by atoms with E-state index in [2.05, 4.69) is 10.2 Å². The summed E-state index contributed by atoms with van der Waals surface area (Å²) in [5.74, 6) is 0.167. The predicted molar refractivity (Wildman–Crippen MR) is 96.2 cm³/mol. The van der Waals surface area contributed by atoms with Crippen LogP contribution in [0.15, 0.2) is 60.7 Å². The second-order valence-corrected chi connectivity index (χ2v) is 5.79. The van der Waals surface area contributed by atoms with Gasteiger partial charge in [0.05, 0.1) is 5.69 Å². The predicted octanol–water partition coefficient (Wildman–Crippen LogP) is 3.79. The number of halogens is 1. The Kier molecular flexibility index (Phi) is 5.63. The van der Waals surface area contributed by atoms with Crippen molar-refractivity contribution in [2.45, 2.75) is 20.1 Å². The summed E-state index contributed by atoms with van der Waals surface area (Å²) in [7, 11) is 0. The van der Waals surface area contributed by atoms with Crippen molar-refractivity contribution in [1.82, 2.24) is 15.1 Å². The van der Waals surface area contributed by atoms with Crippen LogP contribution in [-0.4, -0.2) is 27.5 Å². The average Bonchev–Trinajstić information content (AvgIpc) is 3.15. The number of amides is 1. The van der Waals surface area contributed by atoms with Gasteiger partial charge in [0.15, 0.2) is 5.69 Å². The molecule has 0 saturated heterocycles. The summed E-state index contributed by atoms with van der Waals surface area (Å²) in [6, 6.07) is 17.5. The van der Waals surface area contributed by atoms with E-state index in [1.165, 1.54) is 6.07 Å². The molecule has 0 spiro atoms. The van der Waals surface area contributed by atoms with Crippen LogP contribution in [0.1, 0.15) is 28.7 Å². The summed E-state index contributed by atoms with van der Waals surface area (Å²) in [6.45, 7) is 2.79. The monoisotopic (exact) mass is 353 g/mol. The molecule has 1 N–H and O–H groups in total. The molecule has 0 saturated carbocycles. The molecule has 0 aliphatic rings. The van der Waals surface area contributed by atoms with Gasteiger partial charge >= 0.3 is 0 Å². The minimum absolute atomic E-state index is 0.199. The SMILES string of the molecule is CCN(Cc1ccccc1F)C(=O)c1cc(COc2ccccc2)[nH]n1. The maximum absolute atomic E-state index is 13.8. The highest BCUT2D eigenvalue weighted by atomic mass is 19.1. The van der Waals surface area contributed by atoms with Gasteiger partial charge in [-0.05, 0) is 31.2 Å². The van der Waals surface area contributed by atoms with E-state index >= 15 is 0 Å². The van der Waals surface area contributed by atoms with Crippen molar-refractivity contribution in [2.75, 3.05) is 6.54 Å². The van der Waals surface area contributed by atoms with Crippen molar-refractivity contribution in [3.05, 3.63) is 83.4 Å². The number of carbonyl (C=O) groups is 1. The van der Waals surface area contributed by atoms with Crippen molar-refractivity contribution in [3.63, 3.8) is 0 Å². The number of hydrogen-bond acceptors (Lipinski definition) is 3. The van der Waals surface area contributed by atoms with Crippen LogP contribution in [0.25, 0.3) is 0 Å². The first-order chi connectivity index (χ1) is 12.7. The van der Waals surface area contributed by atoms with Crippen molar-refractivity contribution in [2.24, 2.45) is 0 Å². The van der Waals surface area contributed by atoms with Gasteiger partial charge in [0.2, 0.25) is 0 Å². The fraction of sp³-hybridized carbons (Fsp3) is 0.200. The van der Waals surface area contributed by atoms with Crippen LogP contribution < -0.4 is 4.74 Å². The van der Waals surface area contributed by atoms with Gasteiger partial charge < -0.3 is 9.64 Å². The summed E-state index contributed by atoms with van der Waals surface area (Å²) < 4.78 is 19.5. The van der Waals surface area contributed by atoms with E-state index in [1.807, 2.05) is 37.3 Å². The third-order valence-electron chi connectivity index (χ3n) is 3.98. The van der Waals surface area contributed by atoms with E-state index in [9.17, 15) is 9.18 Å². The van der Waals surface area contributed by atoms with Gasteiger partial charge in [-0.1, -0.05) is 36.4 Å². The number of H-pyrrole nitrogens is 1. The first-order valence-electron chi connectivity index (χ1n) is 8.42. The molecule has 1 aromatic heterocycles. The number of aromatic nitrogens is 2. The largest absolute Gasteiger partial charge is 0.487 e. The number of hydrogen-bond donors (Lipinski definition) is 1. The Morgan fingerprint density at radius 2 is 1.88 bits per heavy atom. The lowest BCUT2D eigenvalue weighted by Crippen LogP contribution is -2.31. The van der Waals surface area contributed by atoms with E-state index in [4.69, 9.17) is 4.74 Å². The van der Waals surface area contributed by atoms with Crippen LogP contribution >= 0.6 is 0 Å². The zero-order chi connectivity index (χ0) is 18.4. The fourth-order valence-corrected chi connectivity index (χ4v) is 2.54. The number of nitrogens with zero attached hydrogens (tertiary/aromatic N) is 2. The quantitative estimate of drug-likeness (QED) is 0.703. The third-order valence-corrected chi connectivity index (χ3v) is 3.98. The van der Waals surface area contributed by atoms with Crippen LogP contribution in [0.4, 0.5) is 4.39 Å². The van der Waals surface area contributed by atoms with Gasteiger partial charge in [-0.25, -0.2) is 4.39 Å². The van der Waals surface area contributed by atoms with Crippen LogP contribution in [0.5, 0.6) is 5.75 Å². The maximum atomic E-state index is 13.8. The Morgan fingerprint density at radius 3 is 2.62 bits per heavy atom. The molecule has 0 atom stereocenters. The van der Waals surface area contributed by atoms with E-state index in [0.717, 1.165) is 5.75 Å². The maximum Gasteiger partial charge on any atom is 0.274 e. The molecule has 1 heterocycles. The molecule has 0 aliphatic carbocycles. The molecule has 3 rings (SSSR count). The zero-order valence-corrected chi connectivity index (χ0v) is 14.5. The van der Waals surface area contributed by atoms with Crippen molar-refractivity contribution in [1.29, 1.82) is 0 Å². The summed E-state index contributed by atoms with van der Waals surface area (Å²) in [6.07, 6.45) is 0. The zero-order valence-electron chi connectivity index (χ0n) is 14.5. The van der Waals surface area contributed by atoms with E-state index < -0.39 is 0 Å². The standard InChI is InChI=1S/C20H20FN3O2/c1-2-24(13-15-8-6-7-11-18(15)21)20(25)19-12-16(22-23-19)14-26-17-9-4-3-5-10-17/h3-12H,2,13-14H2,1H3,(H,22,23). The van der Waals surface area contributed by atoms with E-state index in [-0.39, 0.29) is 30.6 Å². The van der Waals surface area contributed by atoms with Gasteiger partial charge in [0.25, 0.3) is 5.91 Å². The summed E-state index contributed by atoms with van der Waals surface area (Å²) in [5, 5.41) is 6.89. The van der Waals surface area contributed by atoms with Crippen LogP contribution in [0.3, 0.4) is 0 Å². The molecule has 0 bridgehead atoms. The third kappa shape index (κ3) is 4.27. The van der Waals surface area contributed by atoms with Crippen LogP contribution in [0, 0.1) is 5.82 Å². The molecule has 0 fully saturated rings. The molecule has 0 aliphatic heterocycles. The topological polar surface area (TPSA) is 58.2 Å². The van der Waals surface area contributed by atoms with Crippen molar-refractivity contribution >= 4 is 5.91 Å². The number of ether oxygens (including phenoxy) is 1. The molecule has 0 radical (unpaired) electrons. The van der Waals surface area contributed by atoms with Crippen molar-refractivity contribution < 1.29 is 13.9 Å². The highest BCUT2D eigenvalue weighted by Crippen LogP contribution is 2.14. The lowest BCUT2D eigenvalue weighted by Gasteiger charge is -2.20. The number of aromatic amines is 1.